The summed E-state index contributed by atoms with van der Waals surface area (Å²) in [5, 5.41) is 6.55. The predicted molar refractivity (Wildman–Crippen MR) is 106 cm³/mol. The minimum Gasteiger partial charge on any atom is -0.406 e. The van der Waals surface area contributed by atoms with Crippen LogP contribution in [0, 0.1) is 0 Å². The summed E-state index contributed by atoms with van der Waals surface area (Å²) in [5.41, 5.74) is 3.09. The number of thiocarbonyl (C=S) groups is 1. The Bertz CT molecular complexity index is 790. The van der Waals surface area contributed by atoms with Gasteiger partial charge in [-0.05, 0) is 42.0 Å². The molecule has 0 saturated carbocycles. The van der Waals surface area contributed by atoms with Crippen molar-refractivity contribution in [2.24, 2.45) is 0 Å². The summed E-state index contributed by atoms with van der Waals surface area (Å²) in [4.78, 5) is 1.61. The van der Waals surface area contributed by atoms with Crippen molar-refractivity contribution >= 4 is 23.0 Å². The molecule has 28 heavy (non-hydrogen) atoms. The zero-order valence-electron chi connectivity index (χ0n) is 15.3. The molecule has 1 aliphatic heterocycles. The molecule has 0 aliphatic carbocycles. The topological polar surface area (TPSA) is 37.7 Å². The lowest BCUT2D eigenvalue weighted by atomic mass is 10.1. The van der Waals surface area contributed by atoms with Crippen molar-refractivity contribution in [3.8, 4) is 5.75 Å². The Labute approximate surface area is 167 Å². The lowest BCUT2D eigenvalue weighted by Crippen LogP contribution is -3.08. The molecule has 0 radical (unpaired) electrons. The van der Waals surface area contributed by atoms with Crippen LogP contribution in [0.15, 0.2) is 48.5 Å². The number of nitrogens with one attached hydrogen (secondary N) is 3. The molecule has 1 heterocycles. The number of anilines is 1. The van der Waals surface area contributed by atoms with E-state index in [9.17, 15) is 13.2 Å². The van der Waals surface area contributed by atoms with E-state index < -0.39 is 6.36 Å². The monoisotopic (exact) mass is 410 g/mol. The van der Waals surface area contributed by atoms with E-state index in [-0.39, 0.29) is 5.75 Å². The maximum Gasteiger partial charge on any atom is 0.573 e. The molecule has 8 heteroatoms. The molecule has 0 atom stereocenters. The maximum absolute atomic E-state index is 12.2. The minimum atomic E-state index is -4.70. The number of ether oxygens (including phenoxy) is 1. The number of rotatable bonds is 6. The highest BCUT2D eigenvalue weighted by atomic mass is 32.1. The van der Waals surface area contributed by atoms with Crippen LogP contribution < -0.4 is 20.3 Å². The standard InChI is InChI=1S/C20H22F3N3OS/c21-20(22,23)27-18-9-7-17(8-10-18)25-19(28)24-13-15-5-1-2-6-16(15)14-26-11-3-4-12-26/h1-2,5-10H,3-4,11-14H2,(H2,24,25,28)/p+1. The highest BCUT2D eigenvalue weighted by Gasteiger charge is 2.30. The van der Waals surface area contributed by atoms with Gasteiger partial charge in [0, 0.05) is 30.6 Å². The van der Waals surface area contributed by atoms with Gasteiger partial charge in [0.2, 0.25) is 0 Å². The Balaban J connectivity index is 1.52. The quantitative estimate of drug-likeness (QED) is 0.640. The van der Waals surface area contributed by atoms with Crippen molar-refractivity contribution in [2.45, 2.75) is 32.3 Å². The highest BCUT2D eigenvalue weighted by molar-refractivity contribution is 7.80. The molecule has 1 aliphatic rings. The normalized spacial score (nSPS) is 14.7. The predicted octanol–water partition coefficient (Wildman–Crippen LogP) is 3.25. The number of benzene rings is 2. The number of hydrogen-bond donors (Lipinski definition) is 3. The van der Waals surface area contributed by atoms with Gasteiger partial charge < -0.3 is 20.3 Å². The summed E-state index contributed by atoms with van der Waals surface area (Å²) in [6.45, 7) is 4.04. The Hall–Kier alpha value is -2.32. The molecule has 0 aromatic heterocycles. The van der Waals surface area contributed by atoms with Crippen LogP contribution in [0.1, 0.15) is 24.0 Å². The number of alkyl halides is 3. The second-order valence-electron chi connectivity index (χ2n) is 6.78. The second kappa shape index (κ2) is 9.25. The summed E-state index contributed by atoms with van der Waals surface area (Å²) in [7, 11) is 0. The molecule has 0 unspecified atom stereocenters. The van der Waals surface area contributed by atoms with Gasteiger partial charge in [0.15, 0.2) is 5.11 Å². The second-order valence-corrected chi connectivity index (χ2v) is 7.19. The minimum absolute atomic E-state index is 0.268. The third-order valence-corrected chi connectivity index (χ3v) is 4.90. The Morgan fingerprint density at radius 3 is 2.29 bits per heavy atom. The van der Waals surface area contributed by atoms with Crippen molar-refractivity contribution in [1.29, 1.82) is 0 Å². The average Bonchev–Trinajstić information content (AvgIpc) is 3.14. The maximum atomic E-state index is 12.2. The Morgan fingerprint density at radius 2 is 1.64 bits per heavy atom. The van der Waals surface area contributed by atoms with Crippen LogP contribution in [-0.4, -0.2) is 24.6 Å². The molecule has 1 fully saturated rings. The van der Waals surface area contributed by atoms with Crippen LogP contribution in [-0.2, 0) is 13.1 Å². The molecule has 3 rings (SSSR count). The molecule has 4 nitrogen and oxygen atoms in total. The van der Waals surface area contributed by atoms with Gasteiger partial charge in [0.1, 0.15) is 12.3 Å². The van der Waals surface area contributed by atoms with Crippen molar-refractivity contribution < 1.29 is 22.8 Å². The lowest BCUT2D eigenvalue weighted by Gasteiger charge is -2.16. The van der Waals surface area contributed by atoms with Crippen molar-refractivity contribution in [3.63, 3.8) is 0 Å². The zero-order chi connectivity index (χ0) is 20.0. The van der Waals surface area contributed by atoms with Crippen LogP contribution >= 0.6 is 12.2 Å². The average molecular weight is 410 g/mol. The van der Waals surface area contributed by atoms with E-state index >= 15 is 0 Å². The SMILES string of the molecule is FC(F)(F)Oc1ccc(NC(=S)NCc2ccccc2C[NH+]2CCCC2)cc1. The molecule has 1 saturated heterocycles. The smallest absolute Gasteiger partial charge is 0.406 e. The molecule has 0 spiro atoms. The molecule has 2 aromatic rings. The fourth-order valence-corrected chi connectivity index (χ4v) is 3.50. The van der Waals surface area contributed by atoms with Crippen molar-refractivity contribution in [3.05, 3.63) is 59.7 Å². The molecule has 0 bridgehead atoms. The Kier molecular flexibility index (Phi) is 6.74. The van der Waals surface area contributed by atoms with Gasteiger partial charge in [0.25, 0.3) is 0 Å². The first kappa shape index (κ1) is 20.4. The summed E-state index contributed by atoms with van der Waals surface area (Å²) < 4.78 is 40.5. The fourth-order valence-electron chi connectivity index (χ4n) is 3.31. The van der Waals surface area contributed by atoms with Crippen LogP contribution in [0.5, 0.6) is 5.75 Å². The third kappa shape index (κ3) is 6.38. The van der Waals surface area contributed by atoms with Gasteiger partial charge in [-0.3, -0.25) is 0 Å². The zero-order valence-corrected chi connectivity index (χ0v) is 16.1. The highest BCUT2D eigenvalue weighted by Crippen LogP contribution is 2.23. The summed E-state index contributed by atoms with van der Waals surface area (Å²) >= 11 is 5.30. The van der Waals surface area contributed by atoms with Gasteiger partial charge in [-0.15, -0.1) is 13.2 Å². The van der Waals surface area contributed by atoms with E-state index in [0.717, 1.165) is 6.54 Å². The number of hydrogen-bond acceptors (Lipinski definition) is 2. The number of likely N-dealkylation sites (tertiary alicyclic amines) is 1. The molecule has 0 amide bonds. The van der Waals surface area contributed by atoms with Crippen LogP contribution in [0.2, 0.25) is 0 Å². The third-order valence-electron chi connectivity index (χ3n) is 4.65. The van der Waals surface area contributed by atoms with Crippen LogP contribution in [0.4, 0.5) is 18.9 Å². The molecule has 3 N–H and O–H groups in total. The first-order chi connectivity index (χ1) is 13.4. The lowest BCUT2D eigenvalue weighted by molar-refractivity contribution is -0.901. The van der Waals surface area contributed by atoms with Gasteiger partial charge in [-0.25, -0.2) is 0 Å². The van der Waals surface area contributed by atoms with E-state index in [1.807, 2.05) is 6.07 Å². The molecular weight excluding hydrogens is 387 g/mol. The first-order valence-electron chi connectivity index (χ1n) is 9.20. The summed E-state index contributed by atoms with van der Waals surface area (Å²) in [6, 6.07) is 13.8. The van der Waals surface area contributed by atoms with E-state index in [4.69, 9.17) is 12.2 Å². The fraction of sp³-hybridized carbons (Fsp3) is 0.350. The van der Waals surface area contributed by atoms with Gasteiger partial charge >= 0.3 is 6.36 Å². The Morgan fingerprint density at radius 1 is 1.00 bits per heavy atom. The summed E-state index contributed by atoms with van der Waals surface area (Å²) in [5.74, 6) is -0.268. The largest absolute Gasteiger partial charge is 0.573 e. The number of halogens is 3. The first-order valence-corrected chi connectivity index (χ1v) is 9.61. The molecule has 2 aromatic carbocycles. The van der Waals surface area contributed by atoms with Crippen molar-refractivity contribution in [2.75, 3.05) is 18.4 Å². The van der Waals surface area contributed by atoms with Crippen LogP contribution in [0.25, 0.3) is 0 Å². The molecule has 150 valence electrons. The van der Waals surface area contributed by atoms with E-state index in [1.165, 1.54) is 61.3 Å². The molecular formula is C20H23F3N3OS+. The van der Waals surface area contributed by atoms with E-state index in [2.05, 4.69) is 33.6 Å². The van der Waals surface area contributed by atoms with Gasteiger partial charge in [-0.2, -0.15) is 0 Å². The van der Waals surface area contributed by atoms with E-state index in [0.29, 0.717) is 17.3 Å². The van der Waals surface area contributed by atoms with Gasteiger partial charge in [-0.1, -0.05) is 24.3 Å². The summed E-state index contributed by atoms with van der Waals surface area (Å²) in [6.07, 6.45) is -2.12. The van der Waals surface area contributed by atoms with Crippen LogP contribution in [0.3, 0.4) is 0 Å². The van der Waals surface area contributed by atoms with Gasteiger partial charge in [0.05, 0.1) is 13.1 Å². The van der Waals surface area contributed by atoms with Crippen molar-refractivity contribution in [1.82, 2.24) is 5.32 Å². The van der Waals surface area contributed by atoms with E-state index in [1.54, 1.807) is 4.90 Å². The number of quaternary nitrogens is 1.